The number of hydrogen-bond acceptors (Lipinski definition) is 26. The molecule has 40 heteroatoms. The number of carbonyl (C=O) groups excluding carboxylic acids is 3. The Bertz CT molecular complexity index is 5800. The summed E-state index contributed by atoms with van der Waals surface area (Å²) >= 11 is 21.3. The molecule has 15 heterocycles. The van der Waals surface area contributed by atoms with E-state index in [1.807, 2.05) is 47.7 Å². The Labute approximate surface area is 719 Å². The van der Waals surface area contributed by atoms with Gasteiger partial charge in [0.05, 0.1) is 93.4 Å². The van der Waals surface area contributed by atoms with E-state index in [9.17, 15) is 32.8 Å². The summed E-state index contributed by atoms with van der Waals surface area (Å²) in [4.78, 5) is 77.0. The van der Waals surface area contributed by atoms with Crippen LogP contribution in [0.2, 0.25) is 15.1 Å². The number of furan rings is 4. The first-order valence-electron chi connectivity index (χ1n) is 34.7. The number of nitrogens with zero attached hydrogens (tertiary/aromatic N) is 14. The monoisotopic (exact) mass is 1920 g/mol. The first-order valence-corrected chi connectivity index (χ1v) is 38.0. The summed E-state index contributed by atoms with van der Waals surface area (Å²) in [5.41, 5.74) is 6.28. The largest absolute Gasteiger partial charge is 0.570 e. The molecular formula is C78H68BCl4F4I2N14O15. The summed E-state index contributed by atoms with van der Waals surface area (Å²) in [6.07, 6.45) is 11.7. The number of fused-ring (bicyclic) bond motifs is 4. The zero-order valence-electron chi connectivity index (χ0n) is 64.0. The molecule has 0 spiro atoms. The Kier molecular flexibility index (Phi) is 32.4. The van der Waals surface area contributed by atoms with Crippen LogP contribution < -0.4 is 23.6 Å². The maximum atomic E-state index is 15.1. The van der Waals surface area contributed by atoms with E-state index in [-0.39, 0.29) is 103 Å². The molecule has 13 aromatic heterocycles. The molecule has 2 fully saturated rings. The van der Waals surface area contributed by atoms with Gasteiger partial charge in [0.1, 0.15) is 93.8 Å². The third-order valence-electron chi connectivity index (χ3n) is 16.7. The van der Waals surface area contributed by atoms with Crippen molar-refractivity contribution in [2.75, 3.05) is 82.9 Å². The van der Waals surface area contributed by atoms with Crippen molar-refractivity contribution >= 4 is 162 Å². The predicted octanol–water partition coefficient (Wildman–Crippen LogP) is 16.3. The standard InChI is InChI=1S/C27H24FN5O5.C16H13ClFN3O3.C11H12BN2O4.C9H11IN2O.C8H5ClFNO.C7H2ClFINO.ClH/c1-33(2)27(34)15-10-22(35-3)25(31-13-15)23-11-19-26(38-23)24(17(28)14-30-19)18-4-5-21(20(12-29)32-18)37-16-6-8-36-9-7-16;1-21(2)16(22)8-4-11(23-3)14(20-6-8)12-5-10-15(24-12)13(17)9(18)7-19-10;13-7-9-10(1-2-11(14-9)18-12-15)17-8-3-5-16-6-4-8;1-6-4-7(5-11-8(6)10)9(13)12(2)3;1-4-2-6-8(12-4)7(9)5(10)3-11-6;8-6-3(9)2-11-4-1-5(10)12-7(4)6;/h4-5,10-11,13-14,16H,6-9H2,1-3H3;4-7H,1-3H3;1-2,8,15H,3-6H2;4-5H,1-3H3;2-3H,1H3;1-2H;1H. The van der Waals surface area contributed by atoms with E-state index in [1.54, 1.807) is 115 Å². The lowest BCUT2D eigenvalue weighted by Crippen LogP contribution is -2.26. The molecule has 2 saturated heterocycles. The van der Waals surface area contributed by atoms with Crippen LogP contribution in [-0.4, -0.2) is 185 Å². The minimum absolute atomic E-state index is 0. The maximum Gasteiger partial charge on any atom is 0.570 e. The van der Waals surface area contributed by atoms with Crippen molar-refractivity contribution in [2.45, 2.75) is 51.7 Å². The number of amides is 3. The van der Waals surface area contributed by atoms with Gasteiger partial charge in [0.15, 0.2) is 89.7 Å². The molecule has 0 bridgehead atoms. The van der Waals surface area contributed by atoms with E-state index in [0.29, 0.717) is 147 Å². The zero-order valence-corrected chi connectivity index (χ0v) is 71.4. The van der Waals surface area contributed by atoms with Crippen molar-refractivity contribution in [3.63, 3.8) is 0 Å². The topological polar surface area (TPSA) is 362 Å². The van der Waals surface area contributed by atoms with Crippen molar-refractivity contribution in [2.24, 2.45) is 0 Å². The minimum atomic E-state index is -0.670. The number of nitriles is 2. The van der Waals surface area contributed by atoms with Crippen LogP contribution in [0.15, 0.2) is 128 Å². The number of aryl methyl sites for hydroxylation is 2. The third kappa shape index (κ3) is 22.5. The van der Waals surface area contributed by atoms with Gasteiger partial charge in [-0.25, -0.2) is 62.4 Å². The van der Waals surface area contributed by atoms with Crippen molar-refractivity contribution in [3.8, 4) is 75.2 Å². The molecule has 1 N–H and O–H groups in total. The molecule has 15 rings (SSSR count). The van der Waals surface area contributed by atoms with Crippen molar-refractivity contribution in [3.05, 3.63) is 195 Å². The third-order valence-corrected chi connectivity index (χ3v) is 19.5. The molecule has 0 saturated carbocycles. The van der Waals surface area contributed by atoms with E-state index < -0.39 is 23.3 Å². The van der Waals surface area contributed by atoms with Gasteiger partial charge in [0, 0.05) is 117 Å². The molecule has 29 nitrogen and oxygen atoms in total. The van der Waals surface area contributed by atoms with Crippen molar-refractivity contribution < 1.29 is 87.7 Å². The fourth-order valence-electron chi connectivity index (χ4n) is 11.0. The summed E-state index contributed by atoms with van der Waals surface area (Å²) in [6.45, 7) is 6.22. The van der Waals surface area contributed by atoms with Crippen LogP contribution in [0.1, 0.15) is 79.5 Å². The fourth-order valence-corrected chi connectivity index (χ4v) is 12.3. The summed E-state index contributed by atoms with van der Waals surface area (Å²) in [7, 11) is 13.5. The summed E-state index contributed by atoms with van der Waals surface area (Å²) in [6, 6.07) is 21.9. The Morgan fingerprint density at radius 2 is 0.924 bits per heavy atom. The molecule has 2 aliphatic heterocycles. The zero-order chi connectivity index (χ0) is 84.5. The molecule has 13 aromatic rings. The van der Waals surface area contributed by atoms with Crippen LogP contribution in [0.3, 0.4) is 0 Å². The maximum absolute atomic E-state index is 15.1. The molecule has 0 atom stereocenters. The Balaban J connectivity index is 0.000000171. The lowest BCUT2D eigenvalue weighted by atomic mass is 10.1. The van der Waals surface area contributed by atoms with E-state index in [2.05, 4.69) is 72.1 Å². The van der Waals surface area contributed by atoms with Gasteiger partial charge in [0.2, 0.25) is 0 Å². The summed E-state index contributed by atoms with van der Waals surface area (Å²) in [5, 5.41) is 27.0. The molecule has 2 aliphatic rings. The van der Waals surface area contributed by atoms with Gasteiger partial charge < -0.3 is 70.5 Å². The second-order valence-electron chi connectivity index (χ2n) is 25.6. The number of methoxy groups -OCH3 is 2. The molecular weight excluding hydrogens is 1860 g/mol. The van der Waals surface area contributed by atoms with Gasteiger partial charge >= 0.3 is 7.69 Å². The SMILES string of the molecule is COc1cc(C(=O)N(C)C)cnc1-c1cc2ncc(F)c(-c3ccc(OC4CCOCC4)c(C#N)n3)c2o1.COc1cc(C(=O)N(C)C)cnc1-c1cc2ncc(F)c(Cl)c2o1.Cc1cc(C(=O)N(C)C)cnc1I.Cc1cc2ncc(F)c(Cl)c2o1.Cl.Fc1cnc2cc(I)oc2c1Cl.N#Cc1nc(O[B]O)ccc1OC1CCOCC1. The van der Waals surface area contributed by atoms with Crippen LogP contribution in [-0.2, 0) is 9.47 Å². The molecule has 3 amide bonds. The highest BCUT2D eigenvalue weighted by Gasteiger charge is 2.27. The molecule has 613 valence electrons. The number of hydrogen-bond donors (Lipinski definition) is 1. The molecule has 1 radical (unpaired) electrons. The highest BCUT2D eigenvalue weighted by molar-refractivity contribution is 14.1. The van der Waals surface area contributed by atoms with E-state index >= 15 is 4.39 Å². The second kappa shape index (κ2) is 42.0. The van der Waals surface area contributed by atoms with E-state index in [4.69, 9.17) is 91.2 Å². The fraction of sp³-hybridized carbons (Fsp3) is 0.256. The number of rotatable bonds is 14. The van der Waals surface area contributed by atoms with E-state index in [1.165, 1.54) is 42.5 Å². The Morgan fingerprint density at radius 3 is 1.38 bits per heavy atom. The first-order chi connectivity index (χ1) is 56.0. The Morgan fingerprint density at radius 1 is 0.517 bits per heavy atom. The van der Waals surface area contributed by atoms with Crippen molar-refractivity contribution in [1.29, 1.82) is 10.5 Å². The average Bonchev–Trinajstić information content (AvgIpc) is 1.61. The average molecular weight is 1920 g/mol. The van der Waals surface area contributed by atoms with Crippen molar-refractivity contribution in [1.82, 2.24) is 59.6 Å². The quantitative estimate of drug-likeness (QED) is 0.0457. The van der Waals surface area contributed by atoms with Crippen LogP contribution in [0, 0.1) is 67.2 Å². The van der Waals surface area contributed by atoms with Crippen LogP contribution in [0.25, 0.3) is 78.6 Å². The number of ether oxygens (including phenoxy) is 6. The highest BCUT2D eigenvalue weighted by atomic mass is 127. The highest BCUT2D eigenvalue weighted by Crippen LogP contribution is 2.40. The summed E-state index contributed by atoms with van der Waals surface area (Å²) < 4.78 is 115. The molecule has 0 aliphatic carbocycles. The van der Waals surface area contributed by atoms with Gasteiger partial charge in [-0.2, -0.15) is 10.5 Å². The molecule has 118 heavy (non-hydrogen) atoms. The second-order valence-corrected chi connectivity index (χ2v) is 28.8. The summed E-state index contributed by atoms with van der Waals surface area (Å²) in [5.74, 6) is -0.104. The molecule has 0 aromatic carbocycles. The van der Waals surface area contributed by atoms with Crippen LogP contribution in [0.5, 0.6) is 28.9 Å². The number of aromatic nitrogens is 9. The first kappa shape index (κ1) is 91.1. The Hall–Kier alpha value is -10.8. The molecule has 0 unspecified atom stereocenters. The van der Waals surface area contributed by atoms with Crippen LogP contribution in [0.4, 0.5) is 17.6 Å². The van der Waals surface area contributed by atoms with E-state index in [0.717, 1.165) is 46.9 Å². The van der Waals surface area contributed by atoms with Gasteiger partial charge in [-0.1, -0.05) is 34.8 Å². The van der Waals surface area contributed by atoms with Gasteiger partial charge in [-0.15, -0.1) is 12.4 Å². The number of carbonyl (C=O) groups is 3. The van der Waals surface area contributed by atoms with Gasteiger partial charge in [0.25, 0.3) is 17.7 Å². The van der Waals surface area contributed by atoms with Crippen LogP contribution >= 0.6 is 92.4 Å². The number of halogens is 10. The minimum Gasteiger partial charge on any atom is -0.523 e. The van der Waals surface area contributed by atoms with Gasteiger partial charge in [-0.3, -0.25) is 14.4 Å². The van der Waals surface area contributed by atoms with Gasteiger partial charge in [-0.05, 0) is 101 Å². The normalized spacial score (nSPS) is 12.4. The lowest BCUT2D eigenvalue weighted by molar-refractivity contribution is 0.0250. The number of pyridine rings is 9. The lowest BCUT2D eigenvalue weighted by Gasteiger charge is -2.23. The smallest absolute Gasteiger partial charge is 0.523 e. The predicted molar refractivity (Wildman–Crippen MR) is 445 cm³/mol.